The van der Waals surface area contributed by atoms with E-state index in [0.29, 0.717) is 0 Å². The minimum absolute atomic E-state index is 0.729. The average Bonchev–Trinajstić information content (AvgIpc) is 2.42. The van der Waals surface area contributed by atoms with E-state index < -0.39 is 0 Å². The summed E-state index contributed by atoms with van der Waals surface area (Å²) in [4.78, 5) is 0. The van der Waals surface area contributed by atoms with E-state index in [0.717, 1.165) is 15.4 Å². The van der Waals surface area contributed by atoms with Crippen LogP contribution in [-0.4, -0.2) is 9.52 Å². The van der Waals surface area contributed by atoms with E-state index >= 15 is 0 Å². The number of hydrogen-bond donors (Lipinski definition) is 0. The largest absolute Gasteiger partial charge is 0.102 e. The van der Waals surface area contributed by atoms with Crippen molar-refractivity contribution in [3.8, 4) is 0 Å². The minimum atomic E-state index is 0.729. The zero-order valence-corrected chi connectivity index (χ0v) is 5.39. The molecule has 0 aromatic carbocycles. The van der Waals surface area contributed by atoms with Gasteiger partial charge < -0.3 is 0 Å². The fourth-order valence-corrected chi connectivity index (χ4v) is 0.814. The number of rotatable bonds is 2. The zero-order valence-electron chi connectivity index (χ0n) is 4.39. The van der Waals surface area contributed by atoms with Crippen molar-refractivity contribution in [2.45, 2.75) is 6.55 Å². The quantitative estimate of drug-likeness (QED) is 0.371. The van der Waals surface area contributed by atoms with Gasteiger partial charge in [-0.15, -0.1) is 5.70 Å². The van der Waals surface area contributed by atoms with E-state index in [-0.39, 0.29) is 0 Å². The Balaban J connectivity index is 2.07. The molecule has 0 bridgehead atoms. The molecule has 0 fully saturated rings. The van der Waals surface area contributed by atoms with Crippen LogP contribution in [0.3, 0.4) is 0 Å². The molecule has 36 valence electrons. The van der Waals surface area contributed by atoms with Gasteiger partial charge in [-0.05, 0) is 0 Å². The van der Waals surface area contributed by atoms with Crippen molar-refractivity contribution >= 4 is 9.52 Å². The second-order valence-electron chi connectivity index (χ2n) is 1.61. The van der Waals surface area contributed by atoms with Crippen LogP contribution < -0.4 is 0 Å². The molecular formula is C6H8Si. The summed E-state index contributed by atoms with van der Waals surface area (Å²) in [7, 11) is 0.970. The molecule has 0 aliphatic heterocycles. The lowest BCUT2D eigenvalue weighted by molar-refractivity contribution is 1.26. The maximum Gasteiger partial charge on any atom is 0.0664 e. The first-order chi connectivity index (χ1) is 3.43. The molecular weight excluding hydrogens is 100 g/mol. The number of allylic oxidation sites excluding steroid dienone is 3. The molecule has 0 heterocycles. The Morgan fingerprint density at radius 3 is 2.71 bits per heavy atom. The van der Waals surface area contributed by atoms with Gasteiger partial charge in [0.2, 0.25) is 0 Å². The Morgan fingerprint density at radius 1 is 1.57 bits per heavy atom. The molecule has 1 heteroatoms. The molecule has 1 aliphatic carbocycles. The molecule has 1 rings (SSSR count). The maximum atomic E-state index is 2.23. The Kier molecular flexibility index (Phi) is 1.47. The second-order valence-corrected chi connectivity index (χ2v) is 2.52. The summed E-state index contributed by atoms with van der Waals surface area (Å²) in [6.45, 7) is 2.18. The maximum absolute atomic E-state index is 2.23. The third-order valence-electron chi connectivity index (χ3n) is 0.900. The fraction of sp³-hybridized carbons (Fsp3) is 0.333. The van der Waals surface area contributed by atoms with Crippen molar-refractivity contribution in [3.63, 3.8) is 0 Å². The molecule has 0 aromatic heterocycles. The highest BCUT2D eigenvalue weighted by atomic mass is 28.2. The van der Waals surface area contributed by atoms with Crippen LogP contribution in [0.15, 0.2) is 23.9 Å². The van der Waals surface area contributed by atoms with Gasteiger partial charge in [0, 0.05) is 5.92 Å². The summed E-state index contributed by atoms with van der Waals surface area (Å²) in [5, 5.41) is 0. The monoisotopic (exact) mass is 108 g/mol. The molecule has 2 radical (unpaired) electrons. The SMILES string of the molecule is C[Si]/C=C/C1C=C1. The van der Waals surface area contributed by atoms with Crippen molar-refractivity contribution < 1.29 is 0 Å². The van der Waals surface area contributed by atoms with Gasteiger partial charge in [0.05, 0.1) is 9.52 Å². The molecule has 0 saturated heterocycles. The van der Waals surface area contributed by atoms with Gasteiger partial charge in [0.1, 0.15) is 0 Å². The van der Waals surface area contributed by atoms with Gasteiger partial charge in [-0.25, -0.2) is 0 Å². The first-order valence-corrected chi connectivity index (χ1v) is 4.03. The third kappa shape index (κ3) is 1.74. The molecule has 0 spiro atoms. The van der Waals surface area contributed by atoms with E-state index in [1.165, 1.54) is 0 Å². The molecule has 1 aliphatic rings. The van der Waals surface area contributed by atoms with E-state index in [4.69, 9.17) is 0 Å². The fourth-order valence-electron chi connectivity index (χ4n) is 0.400. The van der Waals surface area contributed by atoms with Gasteiger partial charge in [-0.1, -0.05) is 24.8 Å². The minimum Gasteiger partial charge on any atom is -0.102 e. The first-order valence-electron chi connectivity index (χ1n) is 2.46. The van der Waals surface area contributed by atoms with Crippen molar-refractivity contribution in [2.75, 3.05) is 0 Å². The van der Waals surface area contributed by atoms with E-state index in [2.05, 4.69) is 30.5 Å². The lowest BCUT2D eigenvalue weighted by Crippen LogP contribution is -1.71. The molecule has 0 amide bonds. The predicted octanol–water partition coefficient (Wildman–Crippen LogP) is 1.44. The summed E-state index contributed by atoms with van der Waals surface area (Å²) in [6, 6.07) is 0. The molecule has 0 saturated carbocycles. The first kappa shape index (κ1) is 4.85. The highest BCUT2D eigenvalue weighted by Gasteiger charge is 2.02. The molecule has 0 N–H and O–H groups in total. The average molecular weight is 108 g/mol. The van der Waals surface area contributed by atoms with Crippen LogP contribution in [-0.2, 0) is 0 Å². The summed E-state index contributed by atoms with van der Waals surface area (Å²) < 4.78 is 0. The highest BCUT2D eigenvalue weighted by molar-refractivity contribution is 6.40. The Labute approximate surface area is 46.8 Å². The van der Waals surface area contributed by atoms with Gasteiger partial charge in [-0.3, -0.25) is 0 Å². The Hall–Kier alpha value is -0.303. The van der Waals surface area contributed by atoms with Crippen LogP contribution in [0.1, 0.15) is 0 Å². The standard InChI is InChI=1S/C6H8Si/c1-7-5-4-6-2-3-6/h2-6H,1H3/b5-4+. The van der Waals surface area contributed by atoms with Crippen LogP contribution in [0.5, 0.6) is 0 Å². The van der Waals surface area contributed by atoms with E-state index in [1.54, 1.807) is 0 Å². The summed E-state index contributed by atoms with van der Waals surface area (Å²) in [5.74, 6) is 0.729. The van der Waals surface area contributed by atoms with Crippen molar-refractivity contribution in [1.29, 1.82) is 0 Å². The van der Waals surface area contributed by atoms with Crippen LogP contribution >= 0.6 is 0 Å². The van der Waals surface area contributed by atoms with Crippen LogP contribution in [0, 0.1) is 5.92 Å². The van der Waals surface area contributed by atoms with Crippen LogP contribution in [0.2, 0.25) is 6.55 Å². The predicted molar refractivity (Wildman–Crippen MR) is 33.4 cm³/mol. The Morgan fingerprint density at radius 2 is 2.29 bits per heavy atom. The lowest BCUT2D eigenvalue weighted by Gasteiger charge is -1.75. The number of hydrogen-bond acceptors (Lipinski definition) is 0. The van der Waals surface area contributed by atoms with Crippen molar-refractivity contribution in [2.24, 2.45) is 5.92 Å². The summed E-state index contributed by atoms with van der Waals surface area (Å²) in [5.41, 5.74) is 2.23. The lowest BCUT2D eigenvalue weighted by atomic mass is 10.4. The van der Waals surface area contributed by atoms with Crippen LogP contribution in [0.25, 0.3) is 0 Å². The second kappa shape index (κ2) is 2.12. The third-order valence-corrected chi connectivity index (χ3v) is 1.43. The highest BCUT2D eigenvalue weighted by Crippen LogP contribution is 2.15. The van der Waals surface area contributed by atoms with E-state index in [1.807, 2.05) is 0 Å². The molecule has 0 unspecified atom stereocenters. The van der Waals surface area contributed by atoms with E-state index in [9.17, 15) is 0 Å². The molecule has 0 atom stereocenters. The summed E-state index contributed by atoms with van der Waals surface area (Å²) in [6.07, 6.45) is 6.62. The molecule has 7 heavy (non-hydrogen) atoms. The van der Waals surface area contributed by atoms with Gasteiger partial charge in [0.25, 0.3) is 0 Å². The molecule has 0 nitrogen and oxygen atoms in total. The smallest absolute Gasteiger partial charge is 0.0664 e. The Bertz CT molecular complexity index is 96.7. The van der Waals surface area contributed by atoms with Crippen molar-refractivity contribution in [1.82, 2.24) is 0 Å². The zero-order chi connectivity index (χ0) is 5.11. The normalized spacial score (nSPS) is 19.0. The van der Waals surface area contributed by atoms with Gasteiger partial charge >= 0.3 is 0 Å². The van der Waals surface area contributed by atoms with Crippen LogP contribution in [0.4, 0.5) is 0 Å². The summed E-state index contributed by atoms with van der Waals surface area (Å²) >= 11 is 0. The van der Waals surface area contributed by atoms with Crippen molar-refractivity contribution in [3.05, 3.63) is 23.9 Å². The van der Waals surface area contributed by atoms with Gasteiger partial charge in [0.15, 0.2) is 0 Å². The topological polar surface area (TPSA) is 0 Å². The molecule has 0 aromatic rings. The van der Waals surface area contributed by atoms with Gasteiger partial charge in [-0.2, -0.15) is 0 Å².